The van der Waals surface area contributed by atoms with Crippen LogP contribution in [-0.4, -0.2) is 136 Å². The number of methoxy groups -OCH3 is 3. The summed E-state index contributed by atoms with van der Waals surface area (Å²) >= 11 is 0. The van der Waals surface area contributed by atoms with Crippen molar-refractivity contribution in [2.24, 2.45) is 5.73 Å². The molecule has 0 aliphatic heterocycles. The summed E-state index contributed by atoms with van der Waals surface area (Å²) in [7, 11) is 4.72. The van der Waals surface area contributed by atoms with Crippen LogP contribution in [0.1, 0.15) is 51.4 Å². The number of carbonyl (C=O) groups excluding carboxylic acids is 4. The van der Waals surface area contributed by atoms with E-state index < -0.39 is 5.54 Å². The maximum atomic E-state index is 12.9. The Balaban J connectivity index is 5.32. The third-order valence-corrected chi connectivity index (χ3v) is 6.04. The van der Waals surface area contributed by atoms with Crippen molar-refractivity contribution in [2.75, 3.05) is 107 Å². The summed E-state index contributed by atoms with van der Waals surface area (Å²) in [5.74, 6) is -0.433. The molecule has 14 heteroatoms. The Morgan fingerprint density at radius 2 is 1.02 bits per heavy atom. The summed E-state index contributed by atoms with van der Waals surface area (Å²) in [6, 6.07) is 0. The maximum Gasteiger partial charge on any atom is 0.222 e. The number of ether oxygens (including phenoxy) is 7. The van der Waals surface area contributed by atoms with Gasteiger partial charge in [-0.2, -0.15) is 0 Å². The van der Waals surface area contributed by atoms with Gasteiger partial charge in [-0.25, -0.2) is 0 Å². The van der Waals surface area contributed by atoms with Gasteiger partial charge in [0, 0.05) is 86.2 Å². The highest BCUT2D eigenvalue weighted by molar-refractivity contribution is 5.79. The first-order chi connectivity index (χ1) is 20.8. The van der Waals surface area contributed by atoms with Crippen molar-refractivity contribution in [2.45, 2.75) is 56.9 Å². The Morgan fingerprint density at radius 3 is 1.51 bits per heavy atom. The van der Waals surface area contributed by atoms with Gasteiger partial charge in [0.15, 0.2) is 0 Å². The predicted octanol–water partition coefficient (Wildman–Crippen LogP) is 0.181. The average molecular weight is 622 g/mol. The van der Waals surface area contributed by atoms with Crippen LogP contribution in [0.5, 0.6) is 0 Å². The lowest BCUT2D eigenvalue weighted by molar-refractivity contribution is -0.131. The predicted molar refractivity (Wildman–Crippen MR) is 159 cm³/mol. The minimum Gasteiger partial charge on any atom is -0.385 e. The number of Topliss-reactive ketones (excluding diaryl/α,β-unsaturated/α-hetero) is 2. The summed E-state index contributed by atoms with van der Waals surface area (Å²) in [5, 5.41) is 5.68. The van der Waals surface area contributed by atoms with Gasteiger partial charge in [-0.1, -0.05) is 0 Å². The third kappa shape index (κ3) is 25.0. The lowest BCUT2D eigenvalue weighted by Gasteiger charge is -2.34. The van der Waals surface area contributed by atoms with E-state index in [4.69, 9.17) is 38.9 Å². The molecule has 0 rings (SSSR count). The molecule has 0 bridgehead atoms. The minimum absolute atomic E-state index is 0.0183. The second-order valence-corrected chi connectivity index (χ2v) is 10.0. The maximum absolute atomic E-state index is 12.9. The minimum atomic E-state index is -1.14. The SMILES string of the molecule is COCCCC(=O)CCOCC(COCCC(=O)CCCOC)(COCCC(=O)NCCOC)NC(=O)CCOCCN. The highest BCUT2D eigenvalue weighted by Gasteiger charge is 2.34. The summed E-state index contributed by atoms with van der Waals surface area (Å²) in [4.78, 5) is 49.3. The monoisotopic (exact) mass is 621 g/mol. The smallest absolute Gasteiger partial charge is 0.222 e. The van der Waals surface area contributed by atoms with Gasteiger partial charge in [-0.15, -0.1) is 0 Å². The molecule has 0 spiro atoms. The second kappa shape index (κ2) is 28.7. The zero-order valence-corrected chi connectivity index (χ0v) is 26.4. The van der Waals surface area contributed by atoms with Crippen LogP contribution in [0.2, 0.25) is 0 Å². The quantitative estimate of drug-likeness (QED) is 0.0868. The fraction of sp³-hybridized carbons (Fsp3) is 0.862. The molecule has 252 valence electrons. The van der Waals surface area contributed by atoms with Crippen LogP contribution < -0.4 is 16.4 Å². The standard InChI is InChI=1S/C29H55N3O11/c1-37-14-4-6-25(33)8-16-41-22-29(32-28(36)11-18-40-20-12-30,23-42-17-9-26(34)7-5-15-38-2)24-43-19-10-27(35)31-13-21-39-3/h4-24,30H2,1-3H3,(H,31,35)(H,32,36). The first-order valence-electron chi connectivity index (χ1n) is 14.9. The number of amides is 2. The molecule has 0 aromatic carbocycles. The Morgan fingerprint density at radius 1 is 0.558 bits per heavy atom. The molecule has 14 nitrogen and oxygen atoms in total. The molecule has 0 fully saturated rings. The molecule has 2 amide bonds. The van der Waals surface area contributed by atoms with E-state index in [0.717, 1.165) is 0 Å². The molecule has 0 saturated carbocycles. The first-order valence-corrected chi connectivity index (χ1v) is 14.9. The molecule has 43 heavy (non-hydrogen) atoms. The molecule has 4 N–H and O–H groups in total. The van der Waals surface area contributed by atoms with Crippen molar-refractivity contribution in [3.05, 3.63) is 0 Å². The Hall–Kier alpha value is -2.04. The average Bonchev–Trinajstić information content (AvgIpc) is 2.98. The highest BCUT2D eigenvalue weighted by Crippen LogP contribution is 2.12. The largest absolute Gasteiger partial charge is 0.385 e. The van der Waals surface area contributed by atoms with Gasteiger partial charge in [0.05, 0.1) is 59.5 Å². The fourth-order valence-corrected chi connectivity index (χ4v) is 3.74. The molecule has 0 heterocycles. The number of carbonyl (C=O) groups is 4. The zero-order chi connectivity index (χ0) is 32.0. The third-order valence-electron chi connectivity index (χ3n) is 6.04. The number of nitrogens with two attached hydrogens (primary N) is 1. The molecule has 0 saturated heterocycles. The van der Waals surface area contributed by atoms with Gasteiger partial charge in [0.2, 0.25) is 11.8 Å². The number of nitrogens with one attached hydrogen (secondary N) is 2. The van der Waals surface area contributed by atoms with E-state index in [1.807, 2.05) is 0 Å². The van der Waals surface area contributed by atoms with Crippen LogP contribution >= 0.6 is 0 Å². The summed E-state index contributed by atoms with van der Waals surface area (Å²) < 4.78 is 37.8. The molecular formula is C29H55N3O11. The van der Waals surface area contributed by atoms with E-state index in [0.29, 0.717) is 65.2 Å². The lowest BCUT2D eigenvalue weighted by atomic mass is 10.0. The second-order valence-electron chi connectivity index (χ2n) is 10.0. The van der Waals surface area contributed by atoms with Gasteiger partial charge in [0.25, 0.3) is 0 Å². The highest BCUT2D eigenvalue weighted by atomic mass is 16.5. The zero-order valence-electron chi connectivity index (χ0n) is 26.4. The molecule has 0 radical (unpaired) electrons. The lowest BCUT2D eigenvalue weighted by Crippen LogP contribution is -2.59. The van der Waals surface area contributed by atoms with Gasteiger partial charge >= 0.3 is 0 Å². The van der Waals surface area contributed by atoms with Crippen molar-refractivity contribution >= 4 is 23.4 Å². The van der Waals surface area contributed by atoms with Crippen LogP contribution in [0, 0.1) is 0 Å². The van der Waals surface area contributed by atoms with Gasteiger partial charge in [-0.05, 0) is 12.8 Å². The van der Waals surface area contributed by atoms with Crippen molar-refractivity contribution < 1.29 is 52.3 Å². The van der Waals surface area contributed by atoms with Crippen LogP contribution in [0.15, 0.2) is 0 Å². The molecule has 0 aromatic heterocycles. The van der Waals surface area contributed by atoms with Crippen molar-refractivity contribution in [1.82, 2.24) is 10.6 Å². The van der Waals surface area contributed by atoms with Crippen molar-refractivity contribution in [1.29, 1.82) is 0 Å². The van der Waals surface area contributed by atoms with E-state index in [1.54, 1.807) is 21.3 Å². The molecular weight excluding hydrogens is 566 g/mol. The molecule has 0 unspecified atom stereocenters. The van der Waals surface area contributed by atoms with Gasteiger partial charge in [-0.3, -0.25) is 19.2 Å². The van der Waals surface area contributed by atoms with E-state index in [1.165, 1.54) is 0 Å². The summed E-state index contributed by atoms with van der Waals surface area (Å²) in [5.41, 5.74) is 4.30. The summed E-state index contributed by atoms with van der Waals surface area (Å²) in [6.45, 7) is 2.95. The number of hydrogen-bond acceptors (Lipinski definition) is 12. The summed E-state index contributed by atoms with van der Waals surface area (Å²) in [6.07, 6.45) is 2.63. The molecule has 0 aliphatic rings. The van der Waals surface area contributed by atoms with Crippen LogP contribution in [0.3, 0.4) is 0 Å². The van der Waals surface area contributed by atoms with Crippen LogP contribution in [0.4, 0.5) is 0 Å². The van der Waals surface area contributed by atoms with Gasteiger partial charge < -0.3 is 49.5 Å². The molecule has 0 aromatic rings. The first kappa shape index (κ1) is 41.0. The topological polar surface area (TPSA) is 183 Å². The Labute approximate surface area is 256 Å². The van der Waals surface area contributed by atoms with E-state index in [2.05, 4.69) is 10.6 Å². The number of rotatable bonds is 32. The normalized spacial score (nSPS) is 11.4. The van der Waals surface area contributed by atoms with Crippen molar-refractivity contribution in [3.8, 4) is 0 Å². The van der Waals surface area contributed by atoms with E-state index in [9.17, 15) is 19.2 Å². The molecule has 0 atom stereocenters. The van der Waals surface area contributed by atoms with E-state index >= 15 is 0 Å². The van der Waals surface area contributed by atoms with Crippen LogP contribution in [-0.2, 0) is 52.3 Å². The fourth-order valence-electron chi connectivity index (χ4n) is 3.74. The number of hydrogen-bond donors (Lipinski definition) is 3. The molecule has 0 aliphatic carbocycles. The van der Waals surface area contributed by atoms with Crippen LogP contribution in [0.25, 0.3) is 0 Å². The Kier molecular flexibility index (Phi) is 27.4. The van der Waals surface area contributed by atoms with Gasteiger partial charge in [0.1, 0.15) is 17.1 Å². The van der Waals surface area contributed by atoms with Crippen molar-refractivity contribution in [3.63, 3.8) is 0 Å². The number of ketones is 2. The Bertz CT molecular complexity index is 666. The van der Waals surface area contributed by atoms with E-state index in [-0.39, 0.29) is 95.3 Å².